The average Bonchev–Trinajstić information content (AvgIpc) is 3.15. The molecule has 0 saturated heterocycles. The summed E-state index contributed by atoms with van der Waals surface area (Å²) in [4.78, 5) is 26.4. The summed E-state index contributed by atoms with van der Waals surface area (Å²) >= 11 is 0. The van der Waals surface area contributed by atoms with Gasteiger partial charge in [-0.25, -0.2) is 4.79 Å². The lowest BCUT2D eigenvalue weighted by Gasteiger charge is -2.57. The molecule has 0 aromatic heterocycles. The minimum absolute atomic E-state index is 0.0415. The number of ether oxygens (including phenoxy) is 1. The molecule has 0 amide bonds. The lowest BCUT2D eigenvalue weighted by molar-refractivity contribution is -0.115. The van der Waals surface area contributed by atoms with E-state index in [9.17, 15) is 14.7 Å². The molecule has 0 spiro atoms. The molecular weight excluding hydrogens is 472 g/mol. The van der Waals surface area contributed by atoms with E-state index in [1.165, 1.54) is 19.3 Å². The van der Waals surface area contributed by atoms with Crippen LogP contribution in [0.3, 0.4) is 0 Å². The van der Waals surface area contributed by atoms with E-state index in [1.54, 1.807) is 12.1 Å². The summed E-state index contributed by atoms with van der Waals surface area (Å²) in [6.45, 7) is 11.6. The Bertz CT molecular complexity index is 1070. The standard InChI is InChI=1S/C34H48O4/c1-21(2)10-9-11-22(3)27-20-29(36)31-30-26(15-17-34(27,31)5)33(4)16-14-25(18-24(33)19-28(30)35)38-32(37)23-12-7-6-8-13-23/h6-8,12-13,21-22,24-28,35H,9-11,14-20H2,1-5H3/t22-,24-,25+,26?,27?,28-,33?,34?/m1/s1. The smallest absolute Gasteiger partial charge is 0.338 e. The van der Waals surface area contributed by atoms with Crippen molar-refractivity contribution < 1.29 is 19.4 Å². The maximum atomic E-state index is 13.7. The van der Waals surface area contributed by atoms with Crippen LogP contribution in [0.2, 0.25) is 0 Å². The molecule has 4 heteroatoms. The highest BCUT2D eigenvalue weighted by atomic mass is 16.5. The van der Waals surface area contributed by atoms with E-state index < -0.39 is 6.10 Å². The van der Waals surface area contributed by atoms with E-state index in [1.807, 2.05) is 18.2 Å². The second kappa shape index (κ2) is 10.6. The van der Waals surface area contributed by atoms with Gasteiger partial charge < -0.3 is 9.84 Å². The third-order valence-corrected chi connectivity index (χ3v) is 11.2. The Kier molecular flexibility index (Phi) is 7.68. The molecule has 1 aromatic rings. The fourth-order valence-electron chi connectivity index (χ4n) is 9.07. The number of fused-ring (bicyclic) bond motifs is 4. The third-order valence-electron chi connectivity index (χ3n) is 11.2. The van der Waals surface area contributed by atoms with Gasteiger partial charge in [-0.2, -0.15) is 0 Å². The predicted molar refractivity (Wildman–Crippen MR) is 151 cm³/mol. The van der Waals surface area contributed by atoms with Crippen LogP contribution in [0.1, 0.15) is 109 Å². The highest BCUT2D eigenvalue weighted by Gasteiger charge is 2.60. The molecule has 0 aliphatic heterocycles. The summed E-state index contributed by atoms with van der Waals surface area (Å²) in [6, 6.07) is 9.22. The molecule has 0 heterocycles. The molecule has 3 fully saturated rings. The Morgan fingerprint density at radius 1 is 1.05 bits per heavy atom. The van der Waals surface area contributed by atoms with Gasteiger partial charge in [-0.3, -0.25) is 4.79 Å². The zero-order chi connectivity index (χ0) is 27.2. The number of allylic oxidation sites excluding steroid dienone is 1. The molecule has 4 unspecified atom stereocenters. The molecule has 8 atom stereocenters. The first-order valence-electron chi connectivity index (χ1n) is 15.3. The van der Waals surface area contributed by atoms with Gasteiger partial charge in [0.1, 0.15) is 6.10 Å². The molecular formula is C34H48O4. The van der Waals surface area contributed by atoms with E-state index >= 15 is 0 Å². The van der Waals surface area contributed by atoms with Gasteiger partial charge in [0.2, 0.25) is 0 Å². The van der Waals surface area contributed by atoms with Crippen LogP contribution >= 0.6 is 0 Å². The molecule has 0 bridgehead atoms. The minimum Gasteiger partial charge on any atom is -0.459 e. The number of carbonyl (C=O) groups excluding carboxylic acids is 2. The summed E-state index contributed by atoms with van der Waals surface area (Å²) in [5.74, 6) is 2.23. The van der Waals surface area contributed by atoms with Crippen molar-refractivity contribution in [3.05, 3.63) is 47.0 Å². The summed E-state index contributed by atoms with van der Waals surface area (Å²) in [5, 5.41) is 11.6. The summed E-state index contributed by atoms with van der Waals surface area (Å²) in [7, 11) is 0. The van der Waals surface area contributed by atoms with Crippen molar-refractivity contribution in [2.45, 2.75) is 111 Å². The van der Waals surface area contributed by atoms with Crippen LogP contribution in [-0.4, -0.2) is 29.1 Å². The van der Waals surface area contributed by atoms with E-state index in [0.717, 1.165) is 49.2 Å². The molecule has 4 aliphatic carbocycles. The van der Waals surface area contributed by atoms with Gasteiger partial charge in [0.15, 0.2) is 5.78 Å². The molecule has 38 heavy (non-hydrogen) atoms. The van der Waals surface area contributed by atoms with Gasteiger partial charge in [-0.15, -0.1) is 0 Å². The second-order valence-electron chi connectivity index (χ2n) is 14.0. The first-order chi connectivity index (χ1) is 18.0. The maximum absolute atomic E-state index is 13.7. The average molecular weight is 521 g/mol. The highest BCUT2D eigenvalue weighted by molar-refractivity contribution is 6.01. The molecule has 5 rings (SSSR count). The van der Waals surface area contributed by atoms with E-state index in [2.05, 4.69) is 34.6 Å². The molecule has 0 radical (unpaired) electrons. The van der Waals surface area contributed by atoms with Crippen LogP contribution in [0.5, 0.6) is 0 Å². The highest BCUT2D eigenvalue weighted by Crippen LogP contribution is 2.65. The number of benzene rings is 1. The number of hydrogen-bond donors (Lipinski definition) is 1. The van der Waals surface area contributed by atoms with Crippen LogP contribution in [0.25, 0.3) is 0 Å². The van der Waals surface area contributed by atoms with E-state index in [0.29, 0.717) is 41.9 Å². The molecule has 4 aliphatic rings. The number of hydrogen-bond acceptors (Lipinski definition) is 4. The van der Waals surface area contributed by atoms with E-state index in [4.69, 9.17) is 4.74 Å². The van der Waals surface area contributed by atoms with Gasteiger partial charge in [-0.05, 0) is 96.7 Å². The van der Waals surface area contributed by atoms with Crippen molar-refractivity contribution in [3.63, 3.8) is 0 Å². The van der Waals surface area contributed by atoms with Crippen molar-refractivity contribution in [1.82, 2.24) is 0 Å². The molecule has 1 aromatic carbocycles. The van der Waals surface area contributed by atoms with Gasteiger partial charge in [0.05, 0.1) is 11.7 Å². The number of esters is 1. The zero-order valence-electron chi connectivity index (χ0n) is 24.2. The van der Waals surface area contributed by atoms with Crippen LogP contribution in [0, 0.1) is 40.4 Å². The Balaban J connectivity index is 1.34. The quantitative estimate of drug-likeness (QED) is 0.377. The lowest BCUT2D eigenvalue weighted by Crippen LogP contribution is -2.52. The Morgan fingerprint density at radius 3 is 2.50 bits per heavy atom. The topological polar surface area (TPSA) is 63.6 Å². The Labute approximate surface area is 229 Å². The number of carbonyl (C=O) groups is 2. The first-order valence-corrected chi connectivity index (χ1v) is 15.3. The van der Waals surface area contributed by atoms with Crippen LogP contribution in [-0.2, 0) is 9.53 Å². The SMILES string of the molecule is CC(C)CCC[C@@H](C)C1CC(=O)C2=C3C(CCC21C)C1(C)CC[C@H](OC(=O)c2ccccc2)C[C@@H]1C[C@H]3O. The third kappa shape index (κ3) is 4.80. The van der Waals surface area contributed by atoms with Gasteiger partial charge in [0, 0.05) is 12.0 Å². The van der Waals surface area contributed by atoms with Crippen LogP contribution in [0.4, 0.5) is 0 Å². The monoisotopic (exact) mass is 520 g/mol. The largest absolute Gasteiger partial charge is 0.459 e. The predicted octanol–water partition coefficient (Wildman–Crippen LogP) is 7.55. The minimum atomic E-state index is -0.560. The van der Waals surface area contributed by atoms with Crippen molar-refractivity contribution in [3.8, 4) is 0 Å². The molecule has 4 nitrogen and oxygen atoms in total. The zero-order valence-corrected chi connectivity index (χ0v) is 24.2. The van der Waals surface area contributed by atoms with Gasteiger partial charge in [0.25, 0.3) is 0 Å². The first kappa shape index (κ1) is 27.6. The number of aliphatic hydroxyl groups is 1. The van der Waals surface area contributed by atoms with Crippen molar-refractivity contribution in [1.29, 1.82) is 0 Å². The van der Waals surface area contributed by atoms with Crippen LogP contribution < -0.4 is 0 Å². The Morgan fingerprint density at radius 2 is 1.79 bits per heavy atom. The van der Waals surface area contributed by atoms with E-state index in [-0.39, 0.29) is 28.8 Å². The van der Waals surface area contributed by atoms with Crippen molar-refractivity contribution in [2.75, 3.05) is 0 Å². The number of rotatable bonds is 7. The fourth-order valence-corrected chi connectivity index (χ4v) is 9.07. The summed E-state index contributed by atoms with van der Waals surface area (Å²) in [6.07, 6.45) is 9.02. The fraction of sp³-hybridized carbons (Fsp3) is 0.706. The second-order valence-corrected chi connectivity index (χ2v) is 14.0. The lowest BCUT2D eigenvalue weighted by atomic mass is 9.48. The number of Topliss-reactive ketones (excluding diaryl/α,β-unsaturated/α-hetero) is 1. The van der Waals surface area contributed by atoms with Crippen molar-refractivity contribution in [2.24, 2.45) is 40.4 Å². The number of ketones is 1. The molecule has 3 saturated carbocycles. The molecule has 208 valence electrons. The summed E-state index contributed by atoms with van der Waals surface area (Å²) < 4.78 is 5.95. The van der Waals surface area contributed by atoms with Crippen molar-refractivity contribution >= 4 is 11.8 Å². The Hall–Kier alpha value is -1.94. The summed E-state index contributed by atoms with van der Waals surface area (Å²) in [5.41, 5.74) is 2.64. The normalized spacial score (nSPS) is 37.4. The van der Waals surface area contributed by atoms with Gasteiger partial charge >= 0.3 is 5.97 Å². The van der Waals surface area contributed by atoms with Gasteiger partial charge in [-0.1, -0.05) is 72.1 Å². The molecule has 1 N–H and O–H groups in total. The number of aliphatic hydroxyl groups excluding tert-OH is 1. The maximum Gasteiger partial charge on any atom is 0.338 e. The van der Waals surface area contributed by atoms with Crippen LogP contribution in [0.15, 0.2) is 41.5 Å².